The maximum Gasteiger partial charge on any atom is 0.0297 e. The fourth-order valence-corrected chi connectivity index (χ4v) is 1.54. The molecule has 0 radical (unpaired) electrons. The van der Waals surface area contributed by atoms with Crippen molar-refractivity contribution in [2.24, 2.45) is 11.7 Å². The Balaban J connectivity index is 2.71. The highest BCUT2D eigenvalue weighted by Crippen LogP contribution is 2.19. The van der Waals surface area contributed by atoms with Gasteiger partial charge in [-0.15, -0.1) is 0 Å². The predicted molar refractivity (Wildman–Crippen MR) is 57.6 cm³/mol. The first-order chi connectivity index (χ1) is 6.09. The van der Waals surface area contributed by atoms with Gasteiger partial charge >= 0.3 is 0 Å². The Morgan fingerprint density at radius 3 is 2.54 bits per heavy atom. The van der Waals surface area contributed by atoms with E-state index >= 15 is 0 Å². The van der Waals surface area contributed by atoms with Gasteiger partial charge in [-0.25, -0.2) is 0 Å². The number of nitrogens with two attached hydrogens (primary N) is 1. The third-order valence-corrected chi connectivity index (χ3v) is 2.20. The number of aryl methyl sites for hydroxylation is 1. The average molecular weight is 177 g/mol. The molecular weight excluding hydrogens is 158 g/mol. The SMILES string of the molecule is Cc1cccc(C(N)CC(C)C)c1. The van der Waals surface area contributed by atoms with Gasteiger partial charge in [-0.2, -0.15) is 0 Å². The van der Waals surface area contributed by atoms with Crippen molar-refractivity contribution >= 4 is 0 Å². The second-order valence-corrected chi connectivity index (χ2v) is 4.15. The molecule has 1 unspecified atom stereocenters. The minimum Gasteiger partial charge on any atom is -0.324 e. The van der Waals surface area contributed by atoms with Gasteiger partial charge in [0, 0.05) is 6.04 Å². The first kappa shape index (κ1) is 10.3. The molecule has 1 aromatic rings. The zero-order valence-corrected chi connectivity index (χ0v) is 8.75. The highest BCUT2D eigenvalue weighted by Gasteiger charge is 2.07. The van der Waals surface area contributed by atoms with Crippen LogP contribution in [0.2, 0.25) is 0 Å². The van der Waals surface area contributed by atoms with Crippen LogP contribution in [-0.4, -0.2) is 0 Å². The van der Waals surface area contributed by atoms with Gasteiger partial charge in [-0.05, 0) is 24.8 Å². The Hall–Kier alpha value is -0.820. The van der Waals surface area contributed by atoms with Crippen molar-refractivity contribution in [1.29, 1.82) is 0 Å². The van der Waals surface area contributed by atoms with E-state index in [0.717, 1.165) is 6.42 Å². The van der Waals surface area contributed by atoms with Crippen molar-refractivity contribution < 1.29 is 0 Å². The third kappa shape index (κ3) is 3.19. The molecule has 0 spiro atoms. The monoisotopic (exact) mass is 177 g/mol. The van der Waals surface area contributed by atoms with E-state index in [0.29, 0.717) is 5.92 Å². The molecular formula is C12H19N. The maximum atomic E-state index is 6.06. The Morgan fingerprint density at radius 1 is 1.31 bits per heavy atom. The van der Waals surface area contributed by atoms with Crippen LogP contribution in [0.5, 0.6) is 0 Å². The van der Waals surface area contributed by atoms with E-state index < -0.39 is 0 Å². The maximum absolute atomic E-state index is 6.06. The summed E-state index contributed by atoms with van der Waals surface area (Å²) in [7, 11) is 0. The van der Waals surface area contributed by atoms with Crippen molar-refractivity contribution in [2.45, 2.75) is 33.2 Å². The zero-order valence-electron chi connectivity index (χ0n) is 8.75. The van der Waals surface area contributed by atoms with Crippen LogP contribution in [0.3, 0.4) is 0 Å². The van der Waals surface area contributed by atoms with E-state index in [4.69, 9.17) is 5.73 Å². The molecule has 1 heteroatoms. The topological polar surface area (TPSA) is 26.0 Å². The van der Waals surface area contributed by atoms with Gasteiger partial charge in [0.1, 0.15) is 0 Å². The standard InChI is InChI=1S/C12H19N/c1-9(2)7-12(13)11-6-4-5-10(3)8-11/h4-6,8-9,12H,7,13H2,1-3H3. The minimum absolute atomic E-state index is 0.194. The number of hydrogen-bond donors (Lipinski definition) is 1. The normalized spacial score (nSPS) is 13.3. The van der Waals surface area contributed by atoms with Gasteiger partial charge in [0.05, 0.1) is 0 Å². The van der Waals surface area contributed by atoms with Crippen LogP contribution in [-0.2, 0) is 0 Å². The molecule has 1 atom stereocenters. The number of rotatable bonds is 3. The lowest BCUT2D eigenvalue weighted by molar-refractivity contribution is 0.510. The molecule has 0 aliphatic carbocycles. The molecule has 0 heterocycles. The van der Waals surface area contributed by atoms with Crippen molar-refractivity contribution in [3.05, 3.63) is 35.4 Å². The summed E-state index contributed by atoms with van der Waals surface area (Å²) in [4.78, 5) is 0. The average Bonchev–Trinajstić information content (AvgIpc) is 2.03. The molecule has 0 saturated heterocycles. The first-order valence-corrected chi connectivity index (χ1v) is 4.91. The van der Waals surface area contributed by atoms with Gasteiger partial charge in [0.2, 0.25) is 0 Å². The Bertz CT molecular complexity index is 266. The Morgan fingerprint density at radius 2 is 2.00 bits per heavy atom. The highest BCUT2D eigenvalue weighted by molar-refractivity contribution is 5.24. The molecule has 1 rings (SSSR count). The molecule has 13 heavy (non-hydrogen) atoms. The largest absolute Gasteiger partial charge is 0.324 e. The van der Waals surface area contributed by atoms with Gasteiger partial charge in [0.25, 0.3) is 0 Å². The second-order valence-electron chi connectivity index (χ2n) is 4.15. The van der Waals surface area contributed by atoms with Crippen LogP contribution < -0.4 is 5.73 Å². The minimum atomic E-state index is 0.194. The Labute approximate surface area is 81.0 Å². The molecule has 1 nitrogen and oxygen atoms in total. The van der Waals surface area contributed by atoms with E-state index in [-0.39, 0.29) is 6.04 Å². The lowest BCUT2D eigenvalue weighted by Gasteiger charge is -2.14. The summed E-state index contributed by atoms with van der Waals surface area (Å²) < 4.78 is 0. The summed E-state index contributed by atoms with van der Waals surface area (Å²) in [6, 6.07) is 8.66. The predicted octanol–water partition coefficient (Wildman–Crippen LogP) is 3.04. The fourth-order valence-electron chi connectivity index (χ4n) is 1.54. The molecule has 0 amide bonds. The second kappa shape index (κ2) is 4.43. The molecule has 0 aromatic heterocycles. The summed E-state index contributed by atoms with van der Waals surface area (Å²) in [6.45, 7) is 6.51. The van der Waals surface area contributed by atoms with Crippen LogP contribution in [0, 0.1) is 12.8 Å². The van der Waals surface area contributed by atoms with Gasteiger partial charge < -0.3 is 5.73 Å². The van der Waals surface area contributed by atoms with E-state index in [1.165, 1.54) is 11.1 Å². The van der Waals surface area contributed by atoms with Crippen LogP contribution >= 0.6 is 0 Å². The van der Waals surface area contributed by atoms with E-state index in [1.54, 1.807) is 0 Å². The van der Waals surface area contributed by atoms with Crippen LogP contribution in [0.4, 0.5) is 0 Å². The van der Waals surface area contributed by atoms with Crippen molar-refractivity contribution in [1.82, 2.24) is 0 Å². The molecule has 0 fully saturated rings. The summed E-state index contributed by atoms with van der Waals surface area (Å²) >= 11 is 0. The third-order valence-electron chi connectivity index (χ3n) is 2.20. The van der Waals surface area contributed by atoms with Crippen molar-refractivity contribution in [3.63, 3.8) is 0 Å². The van der Waals surface area contributed by atoms with E-state index in [9.17, 15) is 0 Å². The van der Waals surface area contributed by atoms with Crippen LogP contribution in [0.25, 0.3) is 0 Å². The fraction of sp³-hybridized carbons (Fsp3) is 0.500. The quantitative estimate of drug-likeness (QED) is 0.754. The van der Waals surface area contributed by atoms with Gasteiger partial charge in [-0.3, -0.25) is 0 Å². The molecule has 0 aliphatic heterocycles. The van der Waals surface area contributed by atoms with Crippen molar-refractivity contribution in [3.8, 4) is 0 Å². The number of hydrogen-bond acceptors (Lipinski definition) is 1. The lowest BCUT2D eigenvalue weighted by atomic mass is 9.97. The zero-order chi connectivity index (χ0) is 9.84. The van der Waals surface area contributed by atoms with Gasteiger partial charge in [-0.1, -0.05) is 43.7 Å². The highest BCUT2D eigenvalue weighted by atomic mass is 14.6. The molecule has 2 N–H and O–H groups in total. The summed E-state index contributed by atoms with van der Waals surface area (Å²) in [6.07, 6.45) is 1.06. The summed E-state index contributed by atoms with van der Waals surface area (Å²) in [5.74, 6) is 0.663. The molecule has 0 bridgehead atoms. The van der Waals surface area contributed by atoms with E-state index in [2.05, 4.69) is 45.0 Å². The molecule has 0 aliphatic rings. The molecule has 0 saturated carbocycles. The summed E-state index contributed by atoms with van der Waals surface area (Å²) in [5, 5.41) is 0. The number of benzene rings is 1. The molecule has 72 valence electrons. The summed E-state index contributed by atoms with van der Waals surface area (Å²) in [5.41, 5.74) is 8.61. The molecule has 1 aromatic carbocycles. The first-order valence-electron chi connectivity index (χ1n) is 4.91. The van der Waals surface area contributed by atoms with Gasteiger partial charge in [0.15, 0.2) is 0 Å². The van der Waals surface area contributed by atoms with Crippen molar-refractivity contribution in [2.75, 3.05) is 0 Å². The smallest absolute Gasteiger partial charge is 0.0297 e. The van der Waals surface area contributed by atoms with Crippen LogP contribution in [0.15, 0.2) is 24.3 Å². The Kier molecular flexibility index (Phi) is 3.49. The van der Waals surface area contributed by atoms with E-state index in [1.807, 2.05) is 0 Å². The lowest BCUT2D eigenvalue weighted by Crippen LogP contribution is -2.12. The van der Waals surface area contributed by atoms with Crippen LogP contribution in [0.1, 0.15) is 37.4 Å².